The molecule has 3 N–H and O–H groups in total. The number of carboxylic acids is 1. The Hall–Kier alpha value is -2.18. The van der Waals surface area contributed by atoms with Crippen molar-refractivity contribution in [1.82, 2.24) is 15.3 Å². The number of nitrogens with one attached hydrogen (secondary N) is 2. The maximum atomic E-state index is 11.7. The molecule has 18 heavy (non-hydrogen) atoms. The number of hydrogen-bond donors (Lipinski definition) is 3. The smallest absolute Gasteiger partial charge is 0.305 e. The molecule has 1 aromatic rings. The van der Waals surface area contributed by atoms with Crippen LogP contribution in [0, 0.1) is 0 Å². The van der Waals surface area contributed by atoms with Crippen molar-refractivity contribution in [2.45, 2.75) is 32.2 Å². The summed E-state index contributed by atoms with van der Waals surface area (Å²) in [6.07, 6.45) is 3.39. The molecule has 0 spiro atoms. The molecule has 0 aromatic carbocycles. The first-order chi connectivity index (χ1) is 8.52. The monoisotopic (exact) mass is 253 g/mol. The Bertz CT molecular complexity index is 463. The lowest BCUT2D eigenvalue weighted by Crippen LogP contribution is -2.37. The van der Waals surface area contributed by atoms with Gasteiger partial charge in [0, 0.05) is 12.2 Å². The second-order valence-corrected chi connectivity index (χ2v) is 3.85. The molecule has 0 aliphatic rings. The maximum absolute atomic E-state index is 11.7. The third-order valence-electron chi connectivity index (χ3n) is 2.30. The van der Waals surface area contributed by atoms with Crippen LogP contribution in [0.15, 0.2) is 17.2 Å². The predicted octanol–water partition coefficient (Wildman–Crippen LogP) is 0.143. The molecule has 7 nitrogen and oxygen atoms in total. The molecule has 0 aliphatic heterocycles. The molecule has 1 aromatic heterocycles. The molecule has 1 rings (SSSR count). The topological polar surface area (TPSA) is 112 Å². The summed E-state index contributed by atoms with van der Waals surface area (Å²) in [6.45, 7) is 1.90. The fraction of sp³-hybridized carbons (Fsp3) is 0.455. The molecule has 0 aliphatic carbocycles. The normalized spacial score (nSPS) is 11.8. The van der Waals surface area contributed by atoms with Gasteiger partial charge in [0.05, 0.1) is 12.6 Å². The predicted molar refractivity (Wildman–Crippen MR) is 63.3 cm³/mol. The molecule has 1 atom stereocenters. The van der Waals surface area contributed by atoms with E-state index in [1.54, 1.807) is 0 Å². The number of nitrogens with zero attached hydrogens (tertiary/aromatic N) is 1. The zero-order valence-corrected chi connectivity index (χ0v) is 9.97. The van der Waals surface area contributed by atoms with Gasteiger partial charge >= 0.3 is 5.97 Å². The molecule has 98 valence electrons. The van der Waals surface area contributed by atoms with E-state index in [9.17, 15) is 14.4 Å². The van der Waals surface area contributed by atoms with Crippen molar-refractivity contribution in [3.8, 4) is 0 Å². The first-order valence-corrected chi connectivity index (χ1v) is 5.60. The Balaban J connectivity index is 2.68. The van der Waals surface area contributed by atoms with Crippen molar-refractivity contribution < 1.29 is 14.7 Å². The average Bonchev–Trinajstić information content (AvgIpc) is 2.29. The molecule has 0 bridgehead atoms. The zero-order chi connectivity index (χ0) is 13.5. The molecule has 1 heterocycles. The SMILES string of the molecule is CCCC(CC(=O)O)NC(=O)c1c[nH]c(=O)cn1. The highest BCUT2D eigenvalue weighted by Gasteiger charge is 2.16. The van der Waals surface area contributed by atoms with Crippen LogP contribution in [0.5, 0.6) is 0 Å². The third kappa shape index (κ3) is 4.36. The second kappa shape index (κ2) is 6.53. The first kappa shape index (κ1) is 13.9. The molecule has 1 unspecified atom stereocenters. The summed E-state index contributed by atoms with van der Waals surface area (Å²) in [6, 6.07) is -0.436. The van der Waals surface area contributed by atoms with Crippen molar-refractivity contribution in [1.29, 1.82) is 0 Å². The minimum atomic E-state index is -0.969. The average molecular weight is 253 g/mol. The van der Waals surface area contributed by atoms with E-state index in [-0.39, 0.29) is 12.1 Å². The Morgan fingerprint density at radius 3 is 2.78 bits per heavy atom. The van der Waals surface area contributed by atoms with E-state index in [1.807, 2.05) is 6.92 Å². The van der Waals surface area contributed by atoms with E-state index in [0.717, 1.165) is 12.6 Å². The zero-order valence-electron chi connectivity index (χ0n) is 9.97. The van der Waals surface area contributed by atoms with Crippen LogP contribution in [0.4, 0.5) is 0 Å². The summed E-state index contributed by atoms with van der Waals surface area (Å²) in [5.41, 5.74) is -0.344. The van der Waals surface area contributed by atoms with Crippen LogP contribution in [-0.4, -0.2) is 33.0 Å². The van der Waals surface area contributed by atoms with Crippen molar-refractivity contribution in [3.63, 3.8) is 0 Å². The number of carbonyl (C=O) groups is 2. The van der Waals surface area contributed by atoms with Gasteiger partial charge < -0.3 is 15.4 Å². The van der Waals surface area contributed by atoms with Gasteiger partial charge in [-0.1, -0.05) is 13.3 Å². The molecule has 0 saturated carbocycles. The Labute approximate surface area is 103 Å². The minimum absolute atomic E-state index is 0.0566. The minimum Gasteiger partial charge on any atom is -0.481 e. The summed E-state index contributed by atoms with van der Waals surface area (Å²) >= 11 is 0. The van der Waals surface area contributed by atoms with E-state index in [4.69, 9.17) is 5.11 Å². The molecule has 1 amide bonds. The highest BCUT2D eigenvalue weighted by Crippen LogP contribution is 2.03. The number of aliphatic carboxylic acids is 1. The molecule has 0 saturated heterocycles. The van der Waals surface area contributed by atoms with E-state index in [0.29, 0.717) is 6.42 Å². The Morgan fingerprint density at radius 2 is 2.28 bits per heavy atom. The van der Waals surface area contributed by atoms with E-state index < -0.39 is 23.5 Å². The molecule has 7 heteroatoms. The van der Waals surface area contributed by atoms with E-state index in [2.05, 4.69) is 15.3 Å². The van der Waals surface area contributed by atoms with Gasteiger partial charge in [-0.3, -0.25) is 14.4 Å². The Kier molecular flexibility index (Phi) is 5.04. The fourth-order valence-corrected chi connectivity index (χ4v) is 1.51. The van der Waals surface area contributed by atoms with Gasteiger partial charge in [0.25, 0.3) is 11.5 Å². The standard InChI is InChI=1S/C11H15N3O4/c1-2-3-7(4-10(16)17)14-11(18)8-5-13-9(15)6-12-8/h5-7H,2-4H2,1H3,(H,13,15)(H,14,18)(H,16,17). The van der Waals surface area contributed by atoms with Crippen molar-refractivity contribution in [3.05, 3.63) is 28.4 Å². The van der Waals surface area contributed by atoms with Gasteiger partial charge in [0.15, 0.2) is 0 Å². The van der Waals surface area contributed by atoms with Crippen LogP contribution in [0.25, 0.3) is 0 Å². The summed E-state index contributed by atoms with van der Waals surface area (Å²) in [5.74, 6) is -1.46. The summed E-state index contributed by atoms with van der Waals surface area (Å²) in [5, 5.41) is 11.3. The number of H-pyrrole nitrogens is 1. The number of aromatic nitrogens is 2. The van der Waals surface area contributed by atoms with Gasteiger partial charge in [-0.2, -0.15) is 0 Å². The van der Waals surface area contributed by atoms with Crippen molar-refractivity contribution >= 4 is 11.9 Å². The van der Waals surface area contributed by atoms with Crippen LogP contribution in [0.3, 0.4) is 0 Å². The van der Waals surface area contributed by atoms with E-state index in [1.165, 1.54) is 6.20 Å². The second-order valence-electron chi connectivity index (χ2n) is 3.85. The first-order valence-electron chi connectivity index (χ1n) is 5.60. The van der Waals surface area contributed by atoms with E-state index >= 15 is 0 Å². The van der Waals surface area contributed by atoms with Gasteiger partial charge in [0.1, 0.15) is 5.69 Å². The lowest BCUT2D eigenvalue weighted by Gasteiger charge is -2.15. The number of hydrogen-bond acceptors (Lipinski definition) is 4. The number of rotatable bonds is 6. The maximum Gasteiger partial charge on any atom is 0.305 e. The highest BCUT2D eigenvalue weighted by atomic mass is 16.4. The van der Waals surface area contributed by atoms with Gasteiger partial charge in [-0.15, -0.1) is 0 Å². The van der Waals surface area contributed by atoms with Gasteiger partial charge in [-0.25, -0.2) is 4.98 Å². The highest BCUT2D eigenvalue weighted by molar-refractivity contribution is 5.92. The molecular weight excluding hydrogens is 238 g/mol. The third-order valence-corrected chi connectivity index (χ3v) is 2.30. The Morgan fingerprint density at radius 1 is 1.56 bits per heavy atom. The largest absolute Gasteiger partial charge is 0.481 e. The number of amides is 1. The van der Waals surface area contributed by atoms with Crippen LogP contribution < -0.4 is 10.9 Å². The van der Waals surface area contributed by atoms with Crippen molar-refractivity contribution in [2.75, 3.05) is 0 Å². The van der Waals surface area contributed by atoms with Crippen LogP contribution in [0.1, 0.15) is 36.7 Å². The summed E-state index contributed by atoms with van der Waals surface area (Å²) in [7, 11) is 0. The molecule has 0 fully saturated rings. The number of carbonyl (C=O) groups excluding carboxylic acids is 1. The molecule has 0 radical (unpaired) electrons. The lowest BCUT2D eigenvalue weighted by molar-refractivity contribution is -0.137. The lowest BCUT2D eigenvalue weighted by atomic mass is 10.1. The quantitative estimate of drug-likeness (QED) is 0.667. The van der Waals surface area contributed by atoms with Crippen LogP contribution >= 0.6 is 0 Å². The number of carboxylic acid groups (broad SMARTS) is 1. The van der Waals surface area contributed by atoms with Crippen LogP contribution in [-0.2, 0) is 4.79 Å². The fourth-order valence-electron chi connectivity index (χ4n) is 1.51. The van der Waals surface area contributed by atoms with Gasteiger partial charge in [-0.05, 0) is 6.42 Å². The number of aromatic amines is 1. The summed E-state index contributed by atoms with van der Waals surface area (Å²) < 4.78 is 0. The van der Waals surface area contributed by atoms with Crippen molar-refractivity contribution in [2.24, 2.45) is 0 Å². The molecular formula is C11H15N3O4. The summed E-state index contributed by atoms with van der Waals surface area (Å²) in [4.78, 5) is 39.2. The van der Waals surface area contributed by atoms with Crippen LogP contribution in [0.2, 0.25) is 0 Å². The van der Waals surface area contributed by atoms with Gasteiger partial charge in [0.2, 0.25) is 0 Å².